The van der Waals surface area contributed by atoms with Crippen LogP contribution in [-0.4, -0.2) is 10.8 Å². The van der Waals surface area contributed by atoms with Gasteiger partial charge in [0, 0.05) is 12.6 Å². The van der Waals surface area contributed by atoms with Gasteiger partial charge in [0.25, 0.3) is 0 Å². The van der Waals surface area contributed by atoms with Gasteiger partial charge in [0.2, 0.25) is 0 Å². The average Bonchev–Trinajstić information content (AvgIpc) is 2.34. The molecule has 4 heteroatoms. The molecule has 0 atom stereocenters. The molecule has 1 aliphatic heterocycles. The predicted molar refractivity (Wildman–Crippen MR) is 66.8 cm³/mol. The number of hydrogen-bond acceptors (Lipinski definition) is 4. The SMILES string of the molecule is CCCCCCC1=Nc2cccnc2NN1. The second-order valence-electron chi connectivity index (χ2n) is 3.99. The fourth-order valence-corrected chi connectivity index (χ4v) is 1.73. The Hall–Kier alpha value is -1.58. The van der Waals surface area contributed by atoms with Gasteiger partial charge in [-0.15, -0.1) is 0 Å². The first-order valence-corrected chi connectivity index (χ1v) is 5.95. The number of nitrogens with one attached hydrogen (secondary N) is 2. The number of aromatic nitrogens is 1. The predicted octanol–water partition coefficient (Wildman–Crippen LogP) is 3.01. The summed E-state index contributed by atoms with van der Waals surface area (Å²) in [6.45, 7) is 2.22. The van der Waals surface area contributed by atoms with Gasteiger partial charge in [0.15, 0.2) is 5.82 Å². The van der Waals surface area contributed by atoms with E-state index in [1.54, 1.807) is 6.20 Å². The van der Waals surface area contributed by atoms with Gasteiger partial charge in [-0.3, -0.25) is 10.9 Å². The van der Waals surface area contributed by atoms with Crippen LogP contribution in [0.5, 0.6) is 0 Å². The number of pyridine rings is 1. The molecule has 2 rings (SSSR count). The van der Waals surface area contributed by atoms with Gasteiger partial charge in [0.1, 0.15) is 11.5 Å². The van der Waals surface area contributed by atoms with E-state index >= 15 is 0 Å². The number of aliphatic imine (C=N–C) groups is 1. The molecule has 0 fully saturated rings. The zero-order chi connectivity index (χ0) is 11.2. The lowest BCUT2D eigenvalue weighted by molar-refractivity contribution is 0.678. The van der Waals surface area contributed by atoms with Crippen LogP contribution in [0.1, 0.15) is 39.0 Å². The van der Waals surface area contributed by atoms with Crippen molar-refractivity contribution in [2.24, 2.45) is 4.99 Å². The minimum atomic E-state index is 0.805. The minimum absolute atomic E-state index is 0.805. The first kappa shape index (κ1) is 10.9. The highest BCUT2D eigenvalue weighted by Gasteiger charge is 2.09. The number of hydrogen-bond donors (Lipinski definition) is 2. The molecule has 0 aliphatic carbocycles. The Morgan fingerprint density at radius 1 is 1.19 bits per heavy atom. The highest BCUT2D eigenvalue weighted by Crippen LogP contribution is 2.23. The Morgan fingerprint density at radius 2 is 2.12 bits per heavy atom. The van der Waals surface area contributed by atoms with Crippen molar-refractivity contribution in [3.05, 3.63) is 18.3 Å². The molecule has 0 saturated carbocycles. The van der Waals surface area contributed by atoms with Crippen molar-refractivity contribution in [1.29, 1.82) is 0 Å². The smallest absolute Gasteiger partial charge is 0.170 e. The number of anilines is 1. The van der Waals surface area contributed by atoms with Crippen LogP contribution in [0.25, 0.3) is 0 Å². The van der Waals surface area contributed by atoms with Gasteiger partial charge in [-0.05, 0) is 18.6 Å². The molecule has 2 heterocycles. The van der Waals surface area contributed by atoms with Gasteiger partial charge in [-0.2, -0.15) is 0 Å². The molecule has 1 aromatic rings. The molecular weight excluding hydrogens is 200 g/mol. The maximum atomic E-state index is 4.52. The summed E-state index contributed by atoms with van der Waals surface area (Å²) in [7, 11) is 0. The normalized spacial score (nSPS) is 13.4. The standard InChI is InChI=1S/C12H18N4/c1-2-3-4-5-8-11-14-10-7-6-9-13-12(10)16-15-11/h6-7,9H,2-5,8H2,1H3,(H,13,16)(H,14,15). The Morgan fingerprint density at radius 3 is 3.00 bits per heavy atom. The summed E-state index contributed by atoms with van der Waals surface area (Å²) in [5.74, 6) is 1.82. The van der Waals surface area contributed by atoms with Crippen molar-refractivity contribution in [3.63, 3.8) is 0 Å². The van der Waals surface area contributed by atoms with Gasteiger partial charge < -0.3 is 0 Å². The second kappa shape index (κ2) is 5.49. The third kappa shape index (κ3) is 2.72. The molecule has 0 bridgehead atoms. The van der Waals surface area contributed by atoms with Crippen LogP contribution in [0.2, 0.25) is 0 Å². The van der Waals surface area contributed by atoms with Crippen molar-refractivity contribution in [2.45, 2.75) is 39.0 Å². The van der Waals surface area contributed by atoms with Crippen LogP contribution in [0, 0.1) is 0 Å². The lowest BCUT2D eigenvalue weighted by Gasteiger charge is -2.18. The van der Waals surface area contributed by atoms with Crippen molar-refractivity contribution in [3.8, 4) is 0 Å². The summed E-state index contributed by atoms with van der Waals surface area (Å²) < 4.78 is 0. The fourth-order valence-electron chi connectivity index (χ4n) is 1.73. The number of nitrogens with zero attached hydrogens (tertiary/aromatic N) is 2. The minimum Gasteiger partial charge on any atom is -0.286 e. The van der Waals surface area contributed by atoms with E-state index in [9.17, 15) is 0 Å². The van der Waals surface area contributed by atoms with Crippen LogP contribution >= 0.6 is 0 Å². The molecule has 1 aliphatic rings. The molecule has 0 saturated heterocycles. The number of rotatable bonds is 5. The average molecular weight is 218 g/mol. The van der Waals surface area contributed by atoms with Gasteiger partial charge in [-0.25, -0.2) is 9.98 Å². The maximum absolute atomic E-state index is 4.52. The van der Waals surface area contributed by atoms with Crippen LogP contribution < -0.4 is 10.9 Å². The van der Waals surface area contributed by atoms with E-state index < -0.39 is 0 Å². The number of hydrazine groups is 1. The van der Waals surface area contributed by atoms with Crippen molar-refractivity contribution in [1.82, 2.24) is 10.4 Å². The molecule has 1 aromatic heterocycles. The summed E-state index contributed by atoms with van der Waals surface area (Å²) in [4.78, 5) is 8.71. The topological polar surface area (TPSA) is 49.3 Å². The zero-order valence-corrected chi connectivity index (χ0v) is 9.66. The third-order valence-electron chi connectivity index (χ3n) is 2.63. The summed E-state index contributed by atoms with van der Waals surface area (Å²) in [5, 5.41) is 0. The first-order chi connectivity index (χ1) is 7.90. The molecule has 2 N–H and O–H groups in total. The summed E-state index contributed by atoms with van der Waals surface area (Å²) in [5.41, 5.74) is 7.07. The van der Waals surface area contributed by atoms with E-state index in [-0.39, 0.29) is 0 Å². The number of amidine groups is 1. The van der Waals surface area contributed by atoms with E-state index in [4.69, 9.17) is 0 Å². The lowest BCUT2D eigenvalue weighted by Crippen LogP contribution is -2.32. The Labute approximate surface area is 96.2 Å². The molecule has 0 unspecified atom stereocenters. The fraction of sp³-hybridized carbons (Fsp3) is 0.500. The quantitative estimate of drug-likeness (QED) is 0.747. The molecule has 0 radical (unpaired) electrons. The van der Waals surface area contributed by atoms with Crippen molar-refractivity contribution in [2.75, 3.05) is 5.43 Å². The lowest BCUT2D eigenvalue weighted by atomic mass is 10.1. The van der Waals surface area contributed by atoms with Crippen LogP contribution in [0.15, 0.2) is 23.3 Å². The molecule has 86 valence electrons. The third-order valence-corrected chi connectivity index (χ3v) is 2.63. The van der Waals surface area contributed by atoms with Crippen LogP contribution in [0.3, 0.4) is 0 Å². The van der Waals surface area contributed by atoms with E-state index in [1.165, 1.54) is 25.7 Å². The Bertz CT molecular complexity index is 373. The molecule has 16 heavy (non-hydrogen) atoms. The van der Waals surface area contributed by atoms with Crippen LogP contribution in [0.4, 0.5) is 11.5 Å². The zero-order valence-electron chi connectivity index (χ0n) is 9.66. The molecule has 0 amide bonds. The molecule has 4 nitrogen and oxygen atoms in total. The monoisotopic (exact) mass is 218 g/mol. The van der Waals surface area contributed by atoms with Gasteiger partial charge in [0.05, 0.1) is 0 Å². The second-order valence-corrected chi connectivity index (χ2v) is 3.99. The van der Waals surface area contributed by atoms with Gasteiger partial charge >= 0.3 is 0 Å². The van der Waals surface area contributed by atoms with Crippen LogP contribution in [-0.2, 0) is 0 Å². The molecule has 0 spiro atoms. The first-order valence-electron chi connectivity index (χ1n) is 5.95. The van der Waals surface area contributed by atoms with Crippen molar-refractivity contribution < 1.29 is 0 Å². The maximum Gasteiger partial charge on any atom is 0.170 e. The van der Waals surface area contributed by atoms with E-state index in [1.807, 2.05) is 12.1 Å². The largest absolute Gasteiger partial charge is 0.286 e. The number of unbranched alkanes of at least 4 members (excludes halogenated alkanes) is 3. The van der Waals surface area contributed by atoms with E-state index in [0.29, 0.717) is 0 Å². The summed E-state index contributed by atoms with van der Waals surface area (Å²) in [6, 6.07) is 3.88. The Kier molecular flexibility index (Phi) is 3.75. The van der Waals surface area contributed by atoms with Gasteiger partial charge in [-0.1, -0.05) is 26.2 Å². The highest BCUT2D eigenvalue weighted by atomic mass is 15.4. The number of fused-ring (bicyclic) bond motifs is 1. The summed E-state index contributed by atoms with van der Waals surface area (Å²) >= 11 is 0. The highest BCUT2D eigenvalue weighted by molar-refractivity contribution is 5.89. The Balaban J connectivity index is 1.91. The van der Waals surface area contributed by atoms with E-state index in [0.717, 1.165) is 23.8 Å². The molecule has 0 aromatic carbocycles. The molecular formula is C12H18N4. The van der Waals surface area contributed by atoms with E-state index in [2.05, 4.69) is 27.8 Å². The summed E-state index contributed by atoms with van der Waals surface area (Å²) in [6.07, 6.45) is 7.80. The van der Waals surface area contributed by atoms with Crippen molar-refractivity contribution >= 4 is 17.3 Å².